The normalized spacial score (nSPS) is 11.4. The van der Waals surface area contributed by atoms with Gasteiger partial charge in [-0.3, -0.25) is 14.2 Å². The van der Waals surface area contributed by atoms with E-state index in [0.29, 0.717) is 18.7 Å². The van der Waals surface area contributed by atoms with Crippen LogP contribution in [-0.4, -0.2) is 53.6 Å². The SMILES string of the molecule is CN=C(NCCc1cccc(C(=O)NC)c1)NCCc1nnc2ccccn12. The lowest BCUT2D eigenvalue weighted by molar-refractivity contribution is 0.0963. The van der Waals surface area contributed by atoms with Gasteiger partial charge >= 0.3 is 0 Å². The second-order valence-corrected chi connectivity index (χ2v) is 6.25. The highest BCUT2D eigenvalue weighted by atomic mass is 16.1. The third-order valence-electron chi connectivity index (χ3n) is 4.37. The second kappa shape index (κ2) is 9.50. The van der Waals surface area contributed by atoms with E-state index in [2.05, 4.69) is 31.1 Å². The Morgan fingerprint density at radius 3 is 2.68 bits per heavy atom. The first-order chi connectivity index (χ1) is 13.7. The van der Waals surface area contributed by atoms with Gasteiger partial charge in [-0.2, -0.15) is 0 Å². The number of fused-ring (bicyclic) bond motifs is 1. The molecule has 0 saturated carbocycles. The maximum atomic E-state index is 11.7. The zero-order valence-electron chi connectivity index (χ0n) is 16.1. The van der Waals surface area contributed by atoms with E-state index in [9.17, 15) is 4.79 Å². The minimum atomic E-state index is -0.0757. The molecule has 2 heterocycles. The van der Waals surface area contributed by atoms with Gasteiger partial charge in [0.05, 0.1) is 0 Å². The summed E-state index contributed by atoms with van der Waals surface area (Å²) >= 11 is 0. The molecule has 8 nitrogen and oxygen atoms in total. The van der Waals surface area contributed by atoms with Crippen LogP contribution in [0.1, 0.15) is 21.7 Å². The molecule has 3 rings (SSSR count). The first kappa shape index (κ1) is 19.3. The first-order valence-corrected chi connectivity index (χ1v) is 9.25. The van der Waals surface area contributed by atoms with Gasteiger partial charge in [0.1, 0.15) is 5.82 Å². The Morgan fingerprint density at radius 2 is 1.89 bits per heavy atom. The summed E-state index contributed by atoms with van der Waals surface area (Å²) in [7, 11) is 3.38. The number of pyridine rings is 1. The highest BCUT2D eigenvalue weighted by Crippen LogP contribution is 2.06. The van der Waals surface area contributed by atoms with Gasteiger partial charge in [0.15, 0.2) is 11.6 Å². The molecular formula is C20H25N7O. The van der Waals surface area contributed by atoms with Crippen molar-refractivity contribution >= 4 is 17.5 Å². The van der Waals surface area contributed by atoms with Gasteiger partial charge in [-0.1, -0.05) is 18.2 Å². The van der Waals surface area contributed by atoms with Gasteiger partial charge in [0, 0.05) is 45.4 Å². The van der Waals surface area contributed by atoms with E-state index in [1.54, 1.807) is 14.1 Å². The van der Waals surface area contributed by atoms with Crippen LogP contribution in [0.15, 0.2) is 53.7 Å². The molecule has 8 heteroatoms. The molecule has 0 bridgehead atoms. The predicted molar refractivity (Wildman–Crippen MR) is 110 cm³/mol. The van der Waals surface area contributed by atoms with Gasteiger partial charge in [0.25, 0.3) is 5.91 Å². The van der Waals surface area contributed by atoms with Crippen molar-refractivity contribution in [1.82, 2.24) is 30.5 Å². The number of hydrogen-bond acceptors (Lipinski definition) is 4. The lowest BCUT2D eigenvalue weighted by atomic mass is 10.1. The number of nitrogens with zero attached hydrogens (tertiary/aromatic N) is 4. The van der Waals surface area contributed by atoms with E-state index in [4.69, 9.17) is 0 Å². The van der Waals surface area contributed by atoms with Crippen LogP contribution in [-0.2, 0) is 12.8 Å². The summed E-state index contributed by atoms with van der Waals surface area (Å²) in [5.74, 6) is 1.56. The number of amides is 1. The molecule has 0 unspecified atom stereocenters. The van der Waals surface area contributed by atoms with E-state index in [1.807, 2.05) is 53.1 Å². The lowest BCUT2D eigenvalue weighted by Gasteiger charge is -2.12. The maximum Gasteiger partial charge on any atom is 0.251 e. The highest BCUT2D eigenvalue weighted by molar-refractivity contribution is 5.94. The molecule has 3 N–H and O–H groups in total. The van der Waals surface area contributed by atoms with Crippen molar-refractivity contribution in [3.63, 3.8) is 0 Å². The van der Waals surface area contributed by atoms with E-state index in [-0.39, 0.29) is 5.91 Å². The fraction of sp³-hybridized carbons (Fsp3) is 0.300. The number of benzene rings is 1. The largest absolute Gasteiger partial charge is 0.356 e. The maximum absolute atomic E-state index is 11.7. The highest BCUT2D eigenvalue weighted by Gasteiger charge is 2.06. The van der Waals surface area contributed by atoms with Crippen LogP contribution in [0.5, 0.6) is 0 Å². The van der Waals surface area contributed by atoms with Crippen molar-refractivity contribution in [3.05, 3.63) is 65.6 Å². The van der Waals surface area contributed by atoms with Crippen LogP contribution < -0.4 is 16.0 Å². The van der Waals surface area contributed by atoms with Crippen LogP contribution >= 0.6 is 0 Å². The number of carbonyl (C=O) groups excluding carboxylic acids is 1. The van der Waals surface area contributed by atoms with Crippen LogP contribution in [0.3, 0.4) is 0 Å². The molecule has 3 aromatic rings. The Bertz CT molecular complexity index is 964. The van der Waals surface area contributed by atoms with E-state index < -0.39 is 0 Å². The van der Waals surface area contributed by atoms with Crippen molar-refractivity contribution in [2.45, 2.75) is 12.8 Å². The summed E-state index contributed by atoms with van der Waals surface area (Å²) in [5, 5.41) is 17.6. The summed E-state index contributed by atoms with van der Waals surface area (Å²) in [6, 6.07) is 13.5. The first-order valence-electron chi connectivity index (χ1n) is 9.25. The molecule has 28 heavy (non-hydrogen) atoms. The van der Waals surface area contributed by atoms with Gasteiger partial charge in [0.2, 0.25) is 0 Å². The van der Waals surface area contributed by atoms with Crippen molar-refractivity contribution < 1.29 is 4.79 Å². The molecule has 0 aliphatic rings. The summed E-state index contributed by atoms with van der Waals surface area (Å²) in [5.41, 5.74) is 2.61. The predicted octanol–water partition coefficient (Wildman–Crippen LogP) is 1.04. The zero-order valence-corrected chi connectivity index (χ0v) is 16.1. The molecule has 0 atom stereocenters. The number of aromatic nitrogens is 3. The third kappa shape index (κ3) is 4.85. The van der Waals surface area contributed by atoms with Gasteiger partial charge in [-0.05, 0) is 36.2 Å². The fourth-order valence-electron chi connectivity index (χ4n) is 2.91. The monoisotopic (exact) mass is 379 g/mol. The standard InChI is InChI=1S/C20H25N7O/c1-21-19(28)16-7-5-6-15(14-16)9-11-23-20(22-2)24-12-10-18-26-25-17-8-3-4-13-27(17)18/h3-8,13-14H,9-12H2,1-2H3,(H,21,28)(H2,22,23,24). The van der Waals surface area contributed by atoms with Crippen molar-refractivity contribution in [3.8, 4) is 0 Å². The van der Waals surface area contributed by atoms with Gasteiger partial charge in [-0.15, -0.1) is 10.2 Å². The van der Waals surface area contributed by atoms with E-state index in [1.165, 1.54) is 0 Å². The van der Waals surface area contributed by atoms with Crippen molar-refractivity contribution in [1.29, 1.82) is 0 Å². The van der Waals surface area contributed by atoms with E-state index in [0.717, 1.165) is 35.8 Å². The number of nitrogens with one attached hydrogen (secondary N) is 3. The lowest BCUT2D eigenvalue weighted by Crippen LogP contribution is -2.39. The van der Waals surface area contributed by atoms with Crippen molar-refractivity contribution in [2.24, 2.45) is 4.99 Å². The smallest absolute Gasteiger partial charge is 0.251 e. The van der Waals surface area contributed by atoms with Gasteiger partial charge in [-0.25, -0.2) is 0 Å². The minimum absolute atomic E-state index is 0.0757. The topological polar surface area (TPSA) is 95.7 Å². The zero-order chi connectivity index (χ0) is 19.8. The third-order valence-corrected chi connectivity index (χ3v) is 4.37. The molecule has 0 radical (unpaired) electrons. The second-order valence-electron chi connectivity index (χ2n) is 6.25. The Hall–Kier alpha value is -3.42. The summed E-state index contributed by atoms with van der Waals surface area (Å²) < 4.78 is 1.98. The number of rotatable bonds is 7. The van der Waals surface area contributed by atoms with Crippen LogP contribution in [0.25, 0.3) is 5.65 Å². The molecule has 2 aromatic heterocycles. The fourth-order valence-corrected chi connectivity index (χ4v) is 2.91. The van der Waals surface area contributed by atoms with Gasteiger partial charge < -0.3 is 16.0 Å². The molecule has 0 spiro atoms. The van der Waals surface area contributed by atoms with Crippen molar-refractivity contribution in [2.75, 3.05) is 27.2 Å². The van der Waals surface area contributed by atoms with Crippen LogP contribution in [0.2, 0.25) is 0 Å². The summed E-state index contributed by atoms with van der Waals surface area (Å²) in [6.45, 7) is 1.41. The Labute approximate surface area is 164 Å². The average molecular weight is 379 g/mol. The molecule has 1 aromatic carbocycles. The number of hydrogen-bond donors (Lipinski definition) is 3. The molecule has 0 fully saturated rings. The molecular weight excluding hydrogens is 354 g/mol. The Balaban J connectivity index is 1.45. The van der Waals surface area contributed by atoms with Crippen LogP contribution in [0, 0.1) is 0 Å². The minimum Gasteiger partial charge on any atom is -0.356 e. The van der Waals surface area contributed by atoms with Crippen LogP contribution in [0.4, 0.5) is 0 Å². The summed E-state index contributed by atoms with van der Waals surface area (Å²) in [4.78, 5) is 16.0. The quantitative estimate of drug-likeness (QED) is 0.421. The number of carbonyl (C=O) groups is 1. The average Bonchev–Trinajstić information content (AvgIpc) is 3.15. The molecule has 146 valence electrons. The Morgan fingerprint density at radius 1 is 1.07 bits per heavy atom. The Kier molecular flexibility index (Phi) is 6.56. The summed E-state index contributed by atoms with van der Waals surface area (Å²) in [6.07, 6.45) is 3.49. The number of guanidine groups is 1. The molecule has 0 aliphatic heterocycles. The van der Waals surface area contributed by atoms with E-state index >= 15 is 0 Å². The number of aliphatic imine (C=N–C) groups is 1. The molecule has 0 aliphatic carbocycles. The molecule has 1 amide bonds. The molecule has 0 saturated heterocycles.